The van der Waals surface area contributed by atoms with E-state index in [9.17, 15) is 4.79 Å². The number of amides is 1. The van der Waals surface area contributed by atoms with Crippen LogP contribution in [0, 0.1) is 0 Å². The van der Waals surface area contributed by atoms with Crippen LogP contribution in [0.4, 0.5) is 0 Å². The van der Waals surface area contributed by atoms with Gasteiger partial charge in [0.05, 0.1) is 13.2 Å². The maximum absolute atomic E-state index is 12.3. The largest absolute Gasteiger partial charge is 0.497 e. The average Bonchev–Trinajstić information content (AvgIpc) is 2.54. The molecule has 1 amide bonds. The number of carbonyl (C=O) groups excluding carboxylic acids is 1. The summed E-state index contributed by atoms with van der Waals surface area (Å²) in [6.45, 7) is 0.493. The molecule has 1 aliphatic rings. The first-order valence-corrected chi connectivity index (χ1v) is 6.92. The van der Waals surface area contributed by atoms with Crippen LogP contribution < -0.4 is 14.8 Å². The van der Waals surface area contributed by atoms with E-state index in [0.29, 0.717) is 17.9 Å². The molecule has 1 atom stereocenters. The Morgan fingerprint density at radius 1 is 1.24 bits per heavy atom. The Morgan fingerprint density at radius 3 is 2.95 bits per heavy atom. The SMILES string of the molecule is COc1cccc(C(=O)NC2COc3ccccc3C2)c1. The average molecular weight is 283 g/mol. The van der Waals surface area contributed by atoms with E-state index >= 15 is 0 Å². The van der Waals surface area contributed by atoms with Gasteiger partial charge in [-0.25, -0.2) is 0 Å². The van der Waals surface area contributed by atoms with Crippen LogP contribution in [0.25, 0.3) is 0 Å². The number of nitrogens with one attached hydrogen (secondary N) is 1. The summed E-state index contributed by atoms with van der Waals surface area (Å²) in [7, 11) is 1.59. The molecule has 0 aromatic heterocycles. The Hall–Kier alpha value is -2.49. The summed E-state index contributed by atoms with van der Waals surface area (Å²) >= 11 is 0. The van der Waals surface area contributed by atoms with Crippen molar-refractivity contribution in [1.29, 1.82) is 0 Å². The van der Waals surface area contributed by atoms with Gasteiger partial charge in [0, 0.05) is 5.56 Å². The third-order valence-corrected chi connectivity index (χ3v) is 3.55. The smallest absolute Gasteiger partial charge is 0.251 e. The van der Waals surface area contributed by atoms with Crippen molar-refractivity contribution >= 4 is 5.91 Å². The molecule has 108 valence electrons. The van der Waals surface area contributed by atoms with Crippen LogP contribution in [0.2, 0.25) is 0 Å². The van der Waals surface area contributed by atoms with Crippen molar-refractivity contribution in [2.45, 2.75) is 12.5 Å². The minimum atomic E-state index is -0.109. The van der Waals surface area contributed by atoms with Crippen molar-refractivity contribution in [1.82, 2.24) is 5.32 Å². The molecule has 1 heterocycles. The second-order valence-electron chi connectivity index (χ2n) is 5.03. The summed E-state index contributed by atoms with van der Waals surface area (Å²) in [4.78, 5) is 12.3. The first-order valence-electron chi connectivity index (χ1n) is 6.92. The van der Waals surface area contributed by atoms with E-state index in [1.54, 1.807) is 25.3 Å². The number of fused-ring (bicyclic) bond motifs is 1. The van der Waals surface area contributed by atoms with Crippen LogP contribution >= 0.6 is 0 Å². The number of carbonyl (C=O) groups is 1. The molecule has 1 aliphatic heterocycles. The normalized spacial score (nSPS) is 16.5. The third kappa shape index (κ3) is 2.99. The zero-order chi connectivity index (χ0) is 14.7. The summed E-state index contributed by atoms with van der Waals surface area (Å²) < 4.78 is 10.8. The topological polar surface area (TPSA) is 47.6 Å². The van der Waals surface area contributed by atoms with Crippen LogP contribution in [0.5, 0.6) is 11.5 Å². The van der Waals surface area contributed by atoms with Gasteiger partial charge in [0.2, 0.25) is 0 Å². The van der Waals surface area contributed by atoms with E-state index in [4.69, 9.17) is 9.47 Å². The van der Waals surface area contributed by atoms with E-state index in [1.807, 2.05) is 30.3 Å². The lowest BCUT2D eigenvalue weighted by Crippen LogP contribution is -2.42. The molecule has 4 heteroatoms. The Labute approximate surface area is 123 Å². The Morgan fingerprint density at radius 2 is 2.10 bits per heavy atom. The van der Waals surface area contributed by atoms with Crippen molar-refractivity contribution in [3.8, 4) is 11.5 Å². The number of hydrogen-bond acceptors (Lipinski definition) is 3. The molecule has 1 N–H and O–H groups in total. The van der Waals surface area contributed by atoms with Crippen LogP contribution in [0.15, 0.2) is 48.5 Å². The fourth-order valence-corrected chi connectivity index (χ4v) is 2.45. The van der Waals surface area contributed by atoms with Gasteiger partial charge in [-0.2, -0.15) is 0 Å². The summed E-state index contributed by atoms with van der Waals surface area (Å²) in [6.07, 6.45) is 0.784. The zero-order valence-electron chi connectivity index (χ0n) is 11.8. The second kappa shape index (κ2) is 5.87. The molecule has 4 nitrogen and oxygen atoms in total. The highest BCUT2D eigenvalue weighted by atomic mass is 16.5. The number of methoxy groups -OCH3 is 1. The monoisotopic (exact) mass is 283 g/mol. The van der Waals surface area contributed by atoms with Gasteiger partial charge >= 0.3 is 0 Å². The van der Waals surface area contributed by atoms with Crippen molar-refractivity contribution in [3.63, 3.8) is 0 Å². The van der Waals surface area contributed by atoms with Crippen LogP contribution in [-0.2, 0) is 6.42 Å². The molecule has 2 aromatic rings. The Kier molecular flexibility index (Phi) is 3.77. The first-order chi connectivity index (χ1) is 10.3. The first kappa shape index (κ1) is 13.5. The summed E-state index contributed by atoms with van der Waals surface area (Å²) in [6, 6.07) is 15.0. The lowest BCUT2D eigenvalue weighted by atomic mass is 10.0. The van der Waals surface area contributed by atoms with Gasteiger partial charge < -0.3 is 14.8 Å². The molecule has 0 spiro atoms. The highest BCUT2D eigenvalue weighted by molar-refractivity contribution is 5.94. The molecule has 0 radical (unpaired) electrons. The summed E-state index contributed by atoms with van der Waals surface area (Å²) in [5, 5.41) is 3.01. The van der Waals surface area contributed by atoms with Crippen molar-refractivity contribution < 1.29 is 14.3 Å². The minimum Gasteiger partial charge on any atom is -0.497 e. The van der Waals surface area contributed by atoms with Crippen LogP contribution in [0.1, 0.15) is 15.9 Å². The highest BCUT2D eigenvalue weighted by Gasteiger charge is 2.21. The van der Waals surface area contributed by atoms with Crippen molar-refractivity contribution in [3.05, 3.63) is 59.7 Å². The summed E-state index contributed by atoms with van der Waals surface area (Å²) in [5.74, 6) is 1.47. The predicted molar refractivity (Wildman–Crippen MR) is 79.9 cm³/mol. The third-order valence-electron chi connectivity index (χ3n) is 3.55. The summed E-state index contributed by atoms with van der Waals surface area (Å²) in [5.41, 5.74) is 1.72. The predicted octanol–water partition coefficient (Wildman–Crippen LogP) is 2.43. The molecule has 1 unspecified atom stereocenters. The molecular weight excluding hydrogens is 266 g/mol. The van der Waals surface area contributed by atoms with Gasteiger partial charge in [0.1, 0.15) is 18.1 Å². The minimum absolute atomic E-state index is 0.0152. The number of rotatable bonds is 3. The molecule has 3 rings (SSSR count). The van der Waals surface area contributed by atoms with Crippen molar-refractivity contribution in [2.75, 3.05) is 13.7 Å². The lowest BCUT2D eigenvalue weighted by molar-refractivity contribution is 0.0915. The van der Waals surface area contributed by atoms with Gasteiger partial charge in [-0.15, -0.1) is 0 Å². The highest BCUT2D eigenvalue weighted by Crippen LogP contribution is 2.24. The number of para-hydroxylation sites is 1. The molecule has 0 saturated heterocycles. The van der Waals surface area contributed by atoms with Crippen LogP contribution in [-0.4, -0.2) is 25.7 Å². The Balaban J connectivity index is 1.68. The lowest BCUT2D eigenvalue weighted by Gasteiger charge is -2.26. The van der Waals surface area contributed by atoms with Crippen molar-refractivity contribution in [2.24, 2.45) is 0 Å². The molecule has 0 aliphatic carbocycles. The van der Waals surface area contributed by atoms with E-state index in [0.717, 1.165) is 17.7 Å². The number of hydrogen-bond donors (Lipinski definition) is 1. The fourth-order valence-electron chi connectivity index (χ4n) is 2.45. The maximum Gasteiger partial charge on any atom is 0.251 e. The molecular formula is C17H17NO3. The van der Waals surface area contributed by atoms with Gasteiger partial charge in [0.15, 0.2) is 0 Å². The van der Waals surface area contributed by atoms with E-state index in [-0.39, 0.29) is 11.9 Å². The maximum atomic E-state index is 12.3. The fraction of sp³-hybridized carbons (Fsp3) is 0.235. The molecule has 0 bridgehead atoms. The van der Waals surface area contributed by atoms with E-state index < -0.39 is 0 Å². The standard InChI is InChI=1S/C17H17NO3/c1-20-15-7-4-6-13(10-15)17(19)18-14-9-12-5-2-3-8-16(12)21-11-14/h2-8,10,14H,9,11H2,1H3,(H,18,19). The van der Waals surface area contributed by atoms with Gasteiger partial charge in [-0.1, -0.05) is 24.3 Å². The Bertz CT molecular complexity index is 654. The van der Waals surface area contributed by atoms with Gasteiger partial charge in [0.25, 0.3) is 5.91 Å². The molecule has 21 heavy (non-hydrogen) atoms. The zero-order valence-corrected chi connectivity index (χ0v) is 11.8. The van der Waals surface area contributed by atoms with E-state index in [2.05, 4.69) is 5.32 Å². The number of benzene rings is 2. The quantitative estimate of drug-likeness (QED) is 0.941. The molecule has 0 saturated carbocycles. The van der Waals surface area contributed by atoms with Crippen LogP contribution in [0.3, 0.4) is 0 Å². The molecule has 0 fully saturated rings. The number of ether oxygens (including phenoxy) is 2. The second-order valence-corrected chi connectivity index (χ2v) is 5.03. The van der Waals surface area contributed by atoms with E-state index in [1.165, 1.54) is 0 Å². The molecule has 2 aromatic carbocycles. The van der Waals surface area contributed by atoms with Gasteiger partial charge in [-0.05, 0) is 36.2 Å². The van der Waals surface area contributed by atoms with Gasteiger partial charge in [-0.3, -0.25) is 4.79 Å².